The summed E-state index contributed by atoms with van der Waals surface area (Å²) < 4.78 is 5.28. The Balaban J connectivity index is 1.89. The van der Waals surface area contributed by atoms with Crippen LogP contribution in [0, 0.1) is 0 Å². The lowest BCUT2D eigenvalue weighted by atomic mass is 10.2. The molecule has 0 atom stereocenters. The normalized spacial score (nSPS) is 16.2. The number of carbonyl (C=O) groups is 1. The van der Waals surface area contributed by atoms with Crippen molar-refractivity contribution in [1.82, 2.24) is 20.2 Å². The van der Waals surface area contributed by atoms with Crippen LogP contribution in [0.1, 0.15) is 36.1 Å². The zero-order valence-electron chi connectivity index (χ0n) is 12.4. The van der Waals surface area contributed by atoms with Crippen molar-refractivity contribution in [3.05, 3.63) is 22.7 Å². The molecule has 1 aromatic rings. The number of hydrogen-bond donors (Lipinski definition) is 1. The Kier molecular flexibility index (Phi) is 5.90. The number of amides is 1. The van der Waals surface area contributed by atoms with Crippen LogP contribution in [0.3, 0.4) is 0 Å². The largest absolute Gasteiger partial charge is 0.379 e. The number of nitrogens with zero attached hydrogens (tertiary/aromatic N) is 3. The molecule has 21 heavy (non-hydrogen) atoms. The van der Waals surface area contributed by atoms with Crippen molar-refractivity contribution in [2.75, 3.05) is 39.4 Å². The summed E-state index contributed by atoms with van der Waals surface area (Å²) in [5.41, 5.74) is 0.248. The van der Waals surface area contributed by atoms with Gasteiger partial charge in [0.1, 0.15) is 11.5 Å². The Morgan fingerprint density at radius 3 is 2.86 bits per heavy atom. The Bertz CT molecular complexity index is 490. The van der Waals surface area contributed by atoms with Crippen molar-refractivity contribution < 1.29 is 9.53 Å². The van der Waals surface area contributed by atoms with Crippen molar-refractivity contribution in [2.24, 2.45) is 0 Å². The quantitative estimate of drug-likeness (QED) is 0.888. The lowest BCUT2D eigenvalue weighted by molar-refractivity contribution is 0.0383. The van der Waals surface area contributed by atoms with Gasteiger partial charge in [0.15, 0.2) is 0 Å². The van der Waals surface area contributed by atoms with E-state index in [1.54, 1.807) is 0 Å². The molecule has 1 N–H and O–H groups in total. The minimum Gasteiger partial charge on any atom is -0.379 e. The van der Waals surface area contributed by atoms with Gasteiger partial charge in [0, 0.05) is 32.1 Å². The molecule has 2 heterocycles. The van der Waals surface area contributed by atoms with Gasteiger partial charge in [-0.25, -0.2) is 9.97 Å². The van der Waals surface area contributed by atoms with E-state index in [9.17, 15) is 4.79 Å². The van der Waals surface area contributed by atoms with Gasteiger partial charge in [-0.1, -0.05) is 25.4 Å². The molecule has 1 aromatic heterocycles. The molecule has 0 spiro atoms. The van der Waals surface area contributed by atoms with Crippen LogP contribution in [0.15, 0.2) is 6.20 Å². The third-order valence-electron chi connectivity index (χ3n) is 3.31. The van der Waals surface area contributed by atoms with Crippen molar-refractivity contribution in [2.45, 2.75) is 19.8 Å². The van der Waals surface area contributed by atoms with Gasteiger partial charge in [0.05, 0.1) is 24.4 Å². The first-order chi connectivity index (χ1) is 10.1. The van der Waals surface area contributed by atoms with Crippen molar-refractivity contribution in [1.29, 1.82) is 0 Å². The van der Waals surface area contributed by atoms with Crippen LogP contribution in [0.5, 0.6) is 0 Å². The Morgan fingerprint density at radius 2 is 2.19 bits per heavy atom. The van der Waals surface area contributed by atoms with E-state index in [0.717, 1.165) is 32.8 Å². The van der Waals surface area contributed by atoms with E-state index >= 15 is 0 Å². The van der Waals surface area contributed by atoms with Crippen LogP contribution < -0.4 is 5.32 Å². The summed E-state index contributed by atoms with van der Waals surface area (Å²) in [5.74, 6) is 0.525. The molecule has 1 saturated heterocycles. The summed E-state index contributed by atoms with van der Waals surface area (Å²) in [7, 11) is 0. The Hall–Kier alpha value is -1.24. The monoisotopic (exact) mass is 312 g/mol. The molecule has 0 bridgehead atoms. The number of carbonyl (C=O) groups excluding carboxylic acids is 1. The molecule has 1 fully saturated rings. The second-order valence-corrected chi connectivity index (χ2v) is 5.70. The van der Waals surface area contributed by atoms with Crippen molar-refractivity contribution in [3.63, 3.8) is 0 Å². The minimum absolute atomic E-state index is 0.155. The average molecular weight is 313 g/mol. The number of rotatable bonds is 5. The number of nitrogens with one attached hydrogen (secondary N) is 1. The molecule has 116 valence electrons. The minimum atomic E-state index is -0.252. The first-order valence-corrected chi connectivity index (χ1v) is 7.56. The van der Waals surface area contributed by atoms with Crippen LogP contribution >= 0.6 is 11.6 Å². The van der Waals surface area contributed by atoms with E-state index in [1.807, 2.05) is 13.8 Å². The molecule has 0 aliphatic carbocycles. The molecular formula is C14H21ClN4O2. The highest BCUT2D eigenvalue weighted by atomic mass is 35.5. The fourth-order valence-corrected chi connectivity index (χ4v) is 2.23. The van der Waals surface area contributed by atoms with E-state index < -0.39 is 0 Å². The molecule has 1 amide bonds. The predicted molar refractivity (Wildman–Crippen MR) is 80.7 cm³/mol. The van der Waals surface area contributed by atoms with E-state index in [0.29, 0.717) is 12.4 Å². The highest BCUT2D eigenvalue weighted by Gasteiger charge is 2.16. The Labute approximate surface area is 129 Å². The molecular weight excluding hydrogens is 292 g/mol. The predicted octanol–water partition coefficient (Wildman–Crippen LogP) is 1.32. The van der Waals surface area contributed by atoms with Crippen molar-refractivity contribution in [3.8, 4) is 0 Å². The summed E-state index contributed by atoms with van der Waals surface area (Å²) in [4.78, 5) is 22.8. The van der Waals surface area contributed by atoms with Gasteiger partial charge in [-0.2, -0.15) is 0 Å². The van der Waals surface area contributed by atoms with Gasteiger partial charge in [0.25, 0.3) is 5.91 Å². The average Bonchev–Trinajstić information content (AvgIpc) is 2.48. The van der Waals surface area contributed by atoms with E-state index in [2.05, 4.69) is 20.2 Å². The van der Waals surface area contributed by atoms with E-state index in [-0.39, 0.29) is 22.5 Å². The number of hydrogen-bond acceptors (Lipinski definition) is 5. The zero-order chi connectivity index (χ0) is 15.2. The molecule has 0 aromatic carbocycles. The highest BCUT2D eigenvalue weighted by Crippen LogP contribution is 2.16. The summed E-state index contributed by atoms with van der Waals surface area (Å²) in [6.07, 6.45) is 1.49. The van der Waals surface area contributed by atoms with Crippen LogP contribution in [-0.4, -0.2) is 60.2 Å². The SMILES string of the molecule is CC(C)c1ncc(Cl)c(C(=O)NCCN2CCOCC2)n1. The van der Waals surface area contributed by atoms with Crippen LogP contribution in [0.4, 0.5) is 0 Å². The van der Waals surface area contributed by atoms with E-state index in [4.69, 9.17) is 16.3 Å². The lowest BCUT2D eigenvalue weighted by Crippen LogP contribution is -2.41. The third kappa shape index (κ3) is 4.62. The van der Waals surface area contributed by atoms with Crippen LogP contribution in [0.2, 0.25) is 5.02 Å². The topological polar surface area (TPSA) is 67.4 Å². The van der Waals surface area contributed by atoms with Gasteiger partial charge in [0.2, 0.25) is 0 Å². The maximum Gasteiger partial charge on any atom is 0.271 e. The Morgan fingerprint density at radius 1 is 1.48 bits per heavy atom. The van der Waals surface area contributed by atoms with E-state index in [1.165, 1.54) is 6.20 Å². The smallest absolute Gasteiger partial charge is 0.271 e. The fourth-order valence-electron chi connectivity index (χ4n) is 2.05. The van der Waals surface area contributed by atoms with Gasteiger partial charge in [-0.15, -0.1) is 0 Å². The maximum atomic E-state index is 12.2. The first-order valence-electron chi connectivity index (χ1n) is 7.18. The number of ether oxygens (including phenoxy) is 1. The lowest BCUT2D eigenvalue weighted by Gasteiger charge is -2.26. The number of halogens is 1. The van der Waals surface area contributed by atoms with Gasteiger partial charge in [-0.3, -0.25) is 9.69 Å². The van der Waals surface area contributed by atoms with Crippen molar-refractivity contribution >= 4 is 17.5 Å². The second-order valence-electron chi connectivity index (χ2n) is 5.29. The fraction of sp³-hybridized carbons (Fsp3) is 0.643. The van der Waals surface area contributed by atoms with Gasteiger partial charge in [-0.05, 0) is 0 Å². The summed E-state index contributed by atoms with van der Waals surface area (Å²) in [5, 5.41) is 3.14. The molecule has 2 rings (SSSR count). The van der Waals surface area contributed by atoms with Crippen LogP contribution in [0.25, 0.3) is 0 Å². The zero-order valence-corrected chi connectivity index (χ0v) is 13.2. The molecule has 0 radical (unpaired) electrons. The van der Waals surface area contributed by atoms with Gasteiger partial charge < -0.3 is 10.1 Å². The van der Waals surface area contributed by atoms with Crippen LogP contribution in [-0.2, 0) is 4.74 Å². The molecule has 1 aliphatic rings. The summed E-state index contributed by atoms with van der Waals surface area (Å²) in [6, 6.07) is 0. The maximum absolute atomic E-state index is 12.2. The second kappa shape index (κ2) is 7.68. The molecule has 6 nitrogen and oxygen atoms in total. The molecule has 1 aliphatic heterocycles. The third-order valence-corrected chi connectivity index (χ3v) is 3.59. The number of morpholine rings is 1. The standard InChI is InChI=1S/C14H21ClN4O2/c1-10(2)13-17-9-11(15)12(18-13)14(20)16-3-4-19-5-7-21-8-6-19/h9-10H,3-8H2,1-2H3,(H,16,20). The summed E-state index contributed by atoms with van der Waals surface area (Å²) in [6.45, 7) is 8.63. The number of aromatic nitrogens is 2. The highest BCUT2D eigenvalue weighted by molar-refractivity contribution is 6.33. The molecule has 7 heteroatoms. The molecule has 0 saturated carbocycles. The first kappa shape index (κ1) is 16.1. The van der Waals surface area contributed by atoms with Gasteiger partial charge >= 0.3 is 0 Å². The summed E-state index contributed by atoms with van der Waals surface area (Å²) >= 11 is 6.01. The molecule has 0 unspecified atom stereocenters.